The maximum atomic E-state index is 12.5. The number of hydrogen-bond donors (Lipinski definition) is 2. The summed E-state index contributed by atoms with van der Waals surface area (Å²) in [6, 6.07) is -0.153. The number of aliphatic hydroxyl groups is 1. The molecule has 27 heavy (non-hydrogen) atoms. The zero-order chi connectivity index (χ0) is 20.2. The highest BCUT2D eigenvalue weighted by Crippen LogP contribution is 2.20. The van der Waals surface area contributed by atoms with Gasteiger partial charge in [-0.15, -0.1) is 13.2 Å². The number of allylic oxidation sites excluding steroid dienone is 2. The predicted octanol–water partition coefficient (Wildman–Crippen LogP) is 1.57. The Kier molecular flexibility index (Phi) is 10.4. The van der Waals surface area contributed by atoms with Crippen molar-refractivity contribution in [3.8, 4) is 0 Å². The van der Waals surface area contributed by atoms with Crippen molar-refractivity contribution in [2.45, 2.75) is 57.6 Å². The van der Waals surface area contributed by atoms with Gasteiger partial charge in [0, 0.05) is 19.4 Å². The maximum Gasteiger partial charge on any atom is 0.306 e. The number of esters is 1. The first-order chi connectivity index (χ1) is 12.9. The quantitative estimate of drug-likeness (QED) is 0.396. The minimum atomic E-state index is -0.529. The summed E-state index contributed by atoms with van der Waals surface area (Å²) >= 11 is 0. The van der Waals surface area contributed by atoms with Crippen molar-refractivity contribution < 1.29 is 24.2 Å². The number of nitrogens with zero attached hydrogens (tertiary/aromatic N) is 1. The molecule has 3 atom stereocenters. The molecule has 7 heteroatoms. The standard InChI is InChI=1S/C20H32N2O5/c1-4-6-10-19(25)27-15(3)13-21-20(26)16(8-5-2)12-18(24)22-11-7-9-17(22)14-23/h4-5,15-17,23H,1-2,6-14H2,3H3,(H,21,26). The van der Waals surface area contributed by atoms with E-state index in [1.165, 1.54) is 0 Å². The average Bonchev–Trinajstić information content (AvgIpc) is 3.12. The molecule has 3 unspecified atom stereocenters. The Balaban J connectivity index is 2.49. The van der Waals surface area contributed by atoms with Gasteiger partial charge in [-0.25, -0.2) is 0 Å². The van der Waals surface area contributed by atoms with Crippen LogP contribution in [0.15, 0.2) is 25.3 Å². The fourth-order valence-electron chi connectivity index (χ4n) is 3.10. The second kappa shape index (κ2) is 12.3. The second-order valence-corrected chi connectivity index (χ2v) is 6.86. The fraction of sp³-hybridized carbons (Fsp3) is 0.650. The van der Waals surface area contributed by atoms with E-state index < -0.39 is 12.0 Å². The van der Waals surface area contributed by atoms with Crippen molar-refractivity contribution in [2.75, 3.05) is 19.7 Å². The monoisotopic (exact) mass is 380 g/mol. The van der Waals surface area contributed by atoms with Gasteiger partial charge in [-0.3, -0.25) is 14.4 Å². The third-order valence-electron chi connectivity index (χ3n) is 4.60. The molecule has 1 aliphatic heterocycles. The number of carbonyl (C=O) groups excluding carboxylic acids is 3. The van der Waals surface area contributed by atoms with E-state index in [2.05, 4.69) is 18.5 Å². The Morgan fingerprint density at radius 1 is 1.33 bits per heavy atom. The van der Waals surface area contributed by atoms with Gasteiger partial charge in [0.2, 0.25) is 11.8 Å². The summed E-state index contributed by atoms with van der Waals surface area (Å²) in [6.45, 7) is 9.66. The zero-order valence-corrected chi connectivity index (χ0v) is 16.2. The van der Waals surface area contributed by atoms with Crippen molar-refractivity contribution >= 4 is 17.8 Å². The van der Waals surface area contributed by atoms with Crippen molar-refractivity contribution in [1.82, 2.24) is 10.2 Å². The zero-order valence-electron chi connectivity index (χ0n) is 16.2. The largest absolute Gasteiger partial charge is 0.461 e. The van der Waals surface area contributed by atoms with Gasteiger partial charge in [0.25, 0.3) is 0 Å². The van der Waals surface area contributed by atoms with Crippen LogP contribution in [-0.2, 0) is 19.1 Å². The lowest BCUT2D eigenvalue weighted by Crippen LogP contribution is -2.42. The van der Waals surface area contributed by atoms with Crippen LogP contribution in [0.2, 0.25) is 0 Å². The molecular formula is C20H32N2O5. The molecule has 0 saturated carbocycles. The lowest BCUT2D eigenvalue weighted by atomic mass is 9.99. The molecule has 0 spiro atoms. The van der Waals surface area contributed by atoms with Crippen LogP contribution in [0, 0.1) is 5.92 Å². The lowest BCUT2D eigenvalue weighted by molar-refractivity contribution is -0.148. The van der Waals surface area contributed by atoms with Crippen molar-refractivity contribution in [1.29, 1.82) is 0 Å². The van der Waals surface area contributed by atoms with Gasteiger partial charge >= 0.3 is 5.97 Å². The highest BCUT2D eigenvalue weighted by atomic mass is 16.5. The molecule has 1 heterocycles. The second-order valence-electron chi connectivity index (χ2n) is 6.86. The Morgan fingerprint density at radius 2 is 2.07 bits per heavy atom. The predicted molar refractivity (Wildman–Crippen MR) is 103 cm³/mol. The minimum Gasteiger partial charge on any atom is -0.461 e. The SMILES string of the molecule is C=CCCC(=O)OC(C)CNC(=O)C(CC=C)CC(=O)N1CCCC1CO. The van der Waals surface area contributed by atoms with Crippen LogP contribution in [0.4, 0.5) is 0 Å². The van der Waals surface area contributed by atoms with Crippen LogP contribution >= 0.6 is 0 Å². The summed E-state index contributed by atoms with van der Waals surface area (Å²) in [5.41, 5.74) is 0. The first-order valence-corrected chi connectivity index (χ1v) is 9.52. The first-order valence-electron chi connectivity index (χ1n) is 9.52. The normalized spacial score (nSPS) is 18.4. The Hall–Kier alpha value is -2.15. The molecule has 1 fully saturated rings. The van der Waals surface area contributed by atoms with Crippen LogP contribution in [0.5, 0.6) is 0 Å². The highest BCUT2D eigenvalue weighted by molar-refractivity contribution is 5.86. The van der Waals surface area contributed by atoms with Crippen molar-refractivity contribution in [3.05, 3.63) is 25.3 Å². The van der Waals surface area contributed by atoms with Crippen molar-refractivity contribution in [2.24, 2.45) is 5.92 Å². The number of aliphatic hydroxyl groups excluding tert-OH is 1. The third kappa shape index (κ3) is 7.95. The van der Waals surface area contributed by atoms with Gasteiger partial charge in [0.05, 0.1) is 25.1 Å². The molecule has 7 nitrogen and oxygen atoms in total. The van der Waals surface area contributed by atoms with E-state index in [1.54, 1.807) is 24.0 Å². The van der Waals surface area contributed by atoms with Crippen LogP contribution in [0.3, 0.4) is 0 Å². The van der Waals surface area contributed by atoms with Gasteiger partial charge in [-0.1, -0.05) is 12.2 Å². The fourth-order valence-corrected chi connectivity index (χ4v) is 3.10. The number of rotatable bonds is 12. The molecule has 152 valence electrons. The van der Waals surface area contributed by atoms with Gasteiger partial charge in [0.15, 0.2) is 0 Å². The molecule has 2 amide bonds. The maximum absolute atomic E-state index is 12.5. The summed E-state index contributed by atoms with van der Waals surface area (Å²) in [6.07, 6.45) is 5.72. The van der Waals surface area contributed by atoms with E-state index in [-0.39, 0.29) is 49.8 Å². The third-order valence-corrected chi connectivity index (χ3v) is 4.60. The van der Waals surface area contributed by atoms with E-state index >= 15 is 0 Å². The number of likely N-dealkylation sites (tertiary alicyclic amines) is 1. The number of nitrogens with one attached hydrogen (secondary N) is 1. The lowest BCUT2D eigenvalue weighted by Gasteiger charge is -2.25. The Labute approximate surface area is 161 Å². The number of ether oxygens (including phenoxy) is 1. The molecule has 0 aromatic rings. The summed E-state index contributed by atoms with van der Waals surface area (Å²) < 4.78 is 5.21. The van der Waals surface area contributed by atoms with Gasteiger partial charge in [0.1, 0.15) is 6.10 Å². The van der Waals surface area contributed by atoms with Crippen LogP contribution in [0.1, 0.15) is 45.4 Å². The van der Waals surface area contributed by atoms with Gasteiger partial charge in [-0.05, 0) is 32.6 Å². The average molecular weight is 380 g/mol. The molecule has 2 N–H and O–H groups in total. The van der Waals surface area contributed by atoms with E-state index in [4.69, 9.17) is 4.74 Å². The van der Waals surface area contributed by atoms with Crippen LogP contribution in [-0.4, -0.2) is 59.6 Å². The number of amides is 2. The minimum absolute atomic E-state index is 0.0567. The molecule has 1 aliphatic rings. The summed E-state index contributed by atoms with van der Waals surface area (Å²) in [4.78, 5) is 38.2. The van der Waals surface area contributed by atoms with E-state index in [9.17, 15) is 19.5 Å². The van der Waals surface area contributed by atoms with Gasteiger partial charge < -0.3 is 20.1 Å². The molecule has 1 saturated heterocycles. The number of carbonyl (C=O) groups is 3. The molecule has 1 rings (SSSR count). The molecule has 0 aliphatic carbocycles. The summed E-state index contributed by atoms with van der Waals surface area (Å²) in [5.74, 6) is -1.26. The topological polar surface area (TPSA) is 95.9 Å². The molecule has 0 aromatic heterocycles. The van der Waals surface area contributed by atoms with Crippen molar-refractivity contribution in [3.63, 3.8) is 0 Å². The molecule has 0 radical (unpaired) electrons. The van der Waals surface area contributed by atoms with Gasteiger partial charge in [-0.2, -0.15) is 0 Å². The smallest absolute Gasteiger partial charge is 0.306 e. The molecule has 0 bridgehead atoms. The van der Waals surface area contributed by atoms with E-state index in [0.717, 1.165) is 12.8 Å². The highest BCUT2D eigenvalue weighted by Gasteiger charge is 2.31. The molecule has 0 aromatic carbocycles. The number of hydrogen-bond acceptors (Lipinski definition) is 5. The molecular weight excluding hydrogens is 348 g/mol. The van der Waals surface area contributed by atoms with E-state index in [1.807, 2.05) is 0 Å². The Bertz CT molecular complexity index is 534. The summed E-state index contributed by atoms with van der Waals surface area (Å²) in [7, 11) is 0. The first kappa shape index (κ1) is 22.9. The Morgan fingerprint density at radius 3 is 2.70 bits per heavy atom. The van der Waals surface area contributed by atoms with Crippen LogP contribution < -0.4 is 5.32 Å². The summed E-state index contributed by atoms with van der Waals surface area (Å²) in [5, 5.41) is 12.1. The van der Waals surface area contributed by atoms with E-state index in [0.29, 0.717) is 19.4 Å². The van der Waals surface area contributed by atoms with Crippen LogP contribution in [0.25, 0.3) is 0 Å².